The maximum atomic E-state index is 11.7. The molecule has 1 aliphatic rings. The van der Waals surface area contributed by atoms with Crippen LogP contribution in [0.1, 0.15) is 24.8 Å². The van der Waals surface area contributed by atoms with Gasteiger partial charge < -0.3 is 15.7 Å². The molecule has 0 radical (unpaired) electrons. The van der Waals surface area contributed by atoms with E-state index in [1.165, 1.54) is 0 Å². The number of aliphatic carboxylic acids is 1. The second kappa shape index (κ2) is 6.88. The third kappa shape index (κ3) is 3.94. The highest BCUT2D eigenvalue weighted by atomic mass is 16.4. The van der Waals surface area contributed by atoms with Crippen molar-refractivity contribution in [2.75, 3.05) is 6.54 Å². The summed E-state index contributed by atoms with van der Waals surface area (Å²) in [4.78, 5) is 26.7. The lowest BCUT2D eigenvalue weighted by atomic mass is 10.0. The molecule has 1 saturated carbocycles. The van der Waals surface area contributed by atoms with Crippen LogP contribution in [0.3, 0.4) is 0 Å². The molecule has 3 N–H and O–H groups in total. The van der Waals surface area contributed by atoms with Crippen LogP contribution in [-0.4, -0.2) is 34.7 Å². The Kier molecular flexibility index (Phi) is 4.92. The summed E-state index contributed by atoms with van der Waals surface area (Å²) in [5.41, 5.74) is 1.05. The summed E-state index contributed by atoms with van der Waals surface area (Å²) in [6, 6.07) is 3.24. The van der Waals surface area contributed by atoms with Crippen molar-refractivity contribution in [1.82, 2.24) is 15.6 Å². The number of rotatable bonds is 5. The molecule has 20 heavy (non-hydrogen) atoms. The molecule has 1 aromatic rings. The maximum Gasteiger partial charge on any atom is 0.315 e. The average Bonchev–Trinajstić information content (AvgIpc) is 2.88. The predicted molar refractivity (Wildman–Crippen MR) is 73.2 cm³/mol. The molecule has 108 valence electrons. The summed E-state index contributed by atoms with van der Waals surface area (Å²) in [6.45, 7) is 0.502. The number of pyridine rings is 1. The smallest absolute Gasteiger partial charge is 0.315 e. The van der Waals surface area contributed by atoms with Gasteiger partial charge in [0.15, 0.2) is 0 Å². The number of urea groups is 1. The van der Waals surface area contributed by atoms with Crippen molar-refractivity contribution in [1.29, 1.82) is 0 Å². The second-order valence-electron chi connectivity index (χ2n) is 4.99. The van der Waals surface area contributed by atoms with Crippen LogP contribution in [0.25, 0.3) is 0 Å². The van der Waals surface area contributed by atoms with Gasteiger partial charge >= 0.3 is 12.0 Å². The number of nitrogens with one attached hydrogen (secondary N) is 2. The van der Waals surface area contributed by atoms with Gasteiger partial charge in [0.25, 0.3) is 0 Å². The zero-order valence-electron chi connectivity index (χ0n) is 11.2. The molecule has 6 heteroatoms. The van der Waals surface area contributed by atoms with Crippen LogP contribution in [-0.2, 0) is 11.2 Å². The van der Waals surface area contributed by atoms with Gasteiger partial charge in [-0.2, -0.15) is 0 Å². The van der Waals surface area contributed by atoms with Crippen molar-refractivity contribution in [2.45, 2.75) is 31.7 Å². The summed E-state index contributed by atoms with van der Waals surface area (Å²) < 4.78 is 0. The Labute approximate surface area is 117 Å². The first kappa shape index (κ1) is 14.3. The molecule has 6 nitrogen and oxygen atoms in total. The van der Waals surface area contributed by atoms with Crippen molar-refractivity contribution in [2.24, 2.45) is 5.92 Å². The monoisotopic (exact) mass is 277 g/mol. The van der Waals surface area contributed by atoms with E-state index >= 15 is 0 Å². The molecule has 0 aromatic carbocycles. The van der Waals surface area contributed by atoms with Gasteiger partial charge in [0.05, 0.1) is 5.92 Å². The summed E-state index contributed by atoms with van der Waals surface area (Å²) >= 11 is 0. The fourth-order valence-corrected chi connectivity index (χ4v) is 2.51. The normalized spacial score (nSPS) is 21.4. The van der Waals surface area contributed by atoms with E-state index in [0.717, 1.165) is 18.4 Å². The fourth-order valence-electron chi connectivity index (χ4n) is 2.51. The van der Waals surface area contributed by atoms with Crippen LogP contribution in [0.2, 0.25) is 0 Å². The quantitative estimate of drug-likeness (QED) is 0.753. The zero-order valence-corrected chi connectivity index (χ0v) is 11.2. The topological polar surface area (TPSA) is 91.3 Å². The lowest BCUT2D eigenvalue weighted by Crippen LogP contribution is -2.45. The van der Waals surface area contributed by atoms with E-state index in [-0.39, 0.29) is 12.1 Å². The average molecular weight is 277 g/mol. The number of carboxylic acids is 1. The Hall–Kier alpha value is -2.11. The van der Waals surface area contributed by atoms with E-state index in [1.807, 2.05) is 12.1 Å². The summed E-state index contributed by atoms with van der Waals surface area (Å²) in [6.07, 6.45) is 6.38. The number of hydrogen-bond acceptors (Lipinski definition) is 3. The van der Waals surface area contributed by atoms with E-state index in [9.17, 15) is 9.59 Å². The molecule has 2 unspecified atom stereocenters. The third-order valence-corrected chi connectivity index (χ3v) is 3.57. The molecule has 1 aromatic heterocycles. The second-order valence-corrected chi connectivity index (χ2v) is 4.99. The van der Waals surface area contributed by atoms with Gasteiger partial charge in [0.1, 0.15) is 0 Å². The maximum absolute atomic E-state index is 11.7. The van der Waals surface area contributed by atoms with Crippen molar-refractivity contribution in [3.05, 3.63) is 30.1 Å². The van der Waals surface area contributed by atoms with Gasteiger partial charge in [-0.25, -0.2) is 4.79 Å². The Morgan fingerprint density at radius 3 is 2.95 bits per heavy atom. The SMILES string of the molecule is O=C(NCCc1cccnc1)NC1CCCC1C(=O)O. The van der Waals surface area contributed by atoms with Crippen LogP contribution in [0.4, 0.5) is 4.79 Å². The summed E-state index contributed by atoms with van der Waals surface area (Å²) in [5, 5.41) is 14.5. The predicted octanol–water partition coefficient (Wildman–Crippen LogP) is 1.18. The van der Waals surface area contributed by atoms with E-state index in [2.05, 4.69) is 15.6 Å². The minimum Gasteiger partial charge on any atom is -0.481 e. The molecule has 1 fully saturated rings. The highest BCUT2D eigenvalue weighted by Gasteiger charge is 2.33. The van der Waals surface area contributed by atoms with Crippen LogP contribution < -0.4 is 10.6 Å². The van der Waals surface area contributed by atoms with E-state index in [1.54, 1.807) is 12.4 Å². The highest BCUT2D eigenvalue weighted by Crippen LogP contribution is 2.25. The molecule has 0 spiro atoms. The summed E-state index contributed by atoms with van der Waals surface area (Å²) in [5.74, 6) is -1.29. The number of carbonyl (C=O) groups excluding carboxylic acids is 1. The van der Waals surface area contributed by atoms with Gasteiger partial charge in [0.2, 0.25) is 0 Å². The molecule has 1 heterocycles. The number of amides is 2. The lowest BCUT2D eigenvalue weighted by Gasteiger charge is -2.17. The Balaban J connectivity index is 1.71. The molecule has 2 atom stereocenters. The van der Waals surface area contributed by atoms with E-state index in [0.29, 0.717) is 19.4 Å². The Morgan fingerprint density at radius 2 is 2.25 bits per heavy atom. The molecule has 0 saturated heterocycles. The number of carboxylic acid groups (broad SMARTS) is 1. The Morgan fingerprint density at radius 1 is 1.40 bits per heavy atom. The van der Waals surface area contributed by atoms with Crippen molar-refractivity contribution < 1.29 is 14.7 Å². The van der Waals surface area contributed by atoms with Crippen molar-refractivity contribution >= 4 is 12.0 Å². The first-order chi connectivity index (χ1) is 9.66. The van der Waals surface area contributed by atoms with Gasteiger partial charge in [-0.3, -0.25) is 9.78 Å². The standard InChI is InChI=1S/C14H19N3O3/c18-13(19)11-4-1-5-12(11)17-14(20)16-8-6-10-3-2-7-15-9-10/h2-3,7,9,11-12H,1,4-6,8H2,(H,18,19)(H2,16,17,20). The largest absolute Gasteiger partial charge is 0.481 e. The molecular weight excluding hydrogens is 258 g/mol. The zero-order chi connectivity index (χ0) is 14.4. The van der Waals surface area contributed by atoms with Gasteiger partial charge in [0, 0.05) is 25.0 Å². The number of nitrogens with zero attached hydrogens (tertiary/aromatic N) is 1. The minimum absolute atomic E-state index is 0.258. The van der Waals surface area contributed by atoms with Crippen LogP contribution in [0, 0.1) is 5.92 Å². The van der Waals surface area contributed by atoms with Crippen LogP contribution >= 0.6 is 0 Å². The molecule has 2 rings (SSSR count). The molecule has 0 bridgehead atoms. The van der Waals surface area contributed by atoms with Gasteiger partial charge in [-0.05, 0) is 30.9 Å². The first-order valence-corrected chi connectivity index (χ1v) is 6.83. The van der Waals surface area contributed by atoms with Crippen LogP contribution in [0.5, 0.6) is 0 Å². The van der Waals surface area contributed by atoms with Crippen LogP contribution in [0.15, 0.2) is 24.5 Å². The number of hydrogen-bond donors (Lipinski definition) is 3. The van der Waals surface area contributed by atoms with Gasteiger partial charge in [-0.15, -0.1) is 0 Å². The molecule has 1 aliphatic carbocycles. The molecule has 0 aliphatic heterocycles. The highest BCUT2D eigenvalue weighted by molar-refractivity contribution is 5.77. The van der Waals surface area contributed by atoms with Crippen molar-refractivity contribution in [3.8, 4) is 0 Å². The van der Waals surface area contributed by atoms with Crippen molar-refractivity contribution in [3.63, 3.8) is 0 Å². The summed E-state index contributed by atoms with van der Waals surface area (Å²) in [7, 11) is 0. The minimum atomic E-state index is -0.830. The first-order valence-electron chi connectivity index (χ1n) is 6.83. The van der Waals surface area contributed by atoms with E-state index in [4.69, 9.17) is 5.11 Å². The number of carbonyl (C=O) groups is 2. The van der Waals surface area contributed by atoms with E-state index < -0.39 is 11.9 Å². The Bertz CT molecular complexity index is 464. The lowest BCUT2D eigenvalue weighted by molar-refractivity contribution is -0.142. The molecular formula is C14H19N3O3. The third-order valence-electron chi connectivity index (χ3n) is 3.57. The fraction of sp³-hybridized carbons (Fsp3) is 0.500. The molecule has 2 amide bonds. The number of aromatic nitrogens is 1. The van der Waals surface area contributed by atoms with Gasteiger partial charge in [-0.1, -0.05) is 12.5 Å².